The molecule has 0 unspecified atom stereocenters. The van der Waals surface area contributed by atoms with Crippen LogP contribution in [0.25, 0.3) is 0 Å². The zero-order valence-corrected chi connectivity index (χ0v) is 12.6. The van der Waals surface area contributed by atoms with Gasteiger partial charge in [-0.05, 0) is 49.4 Å². The first kappa shape index (κ1) is 18.0. The molecular formula is C16H18FN3O3. The number of carbonyl (C=O) groups excluding carboxylic acids is 2. The summed E-state index contributed by atoms with van der Waals surface area (Å²) < 4.78 is 16.8. The number of nitrogens with one attached hydrogen (secondary N) is 1. The third-order valence-corrected chi connectivity index (χ3v) is 2.59. The number of halogens is 1. The number of carbonyl (C=O) groups is 2. The van der Waals surface area contributed by atoms with Crippen molar-refractivity contribution in [3.05, 3.63) is 53.8 Å². The molecule has 0 radical (unpaired) electrons. The molecule has 0 bridgehead atoms. The Hall–Kier alpha value is -3.09. The van der Waals surface area contributed by atoms with Crippen molar-refractivity contribution in [1.29, 1.82) is 0 Å². The molecule has 2 aromatic carbocycles. The first-order valence-electron chi connectivity index (χ1n) is 6.75. The molecule has 6 nitrogen and oxygen atoms in total. The van der Waals surface area contributed by atoms with E-state index in [-0.39, 0.29) is 5.82 Å². The molecule has 0 aliphatic heterocycles. The van der Waals surface area contributed by atoms with Gasteiger partial charge in [0, 0.05) is 11.3 Å². The first-order chi connectivity index (χ1) is 11.0. The first-order valence-corrected chi connectivity index (χ1v) is 6.75. The van der Waals surface area contributed by atoms with Crippen molar-refractivity contribution in [2.45, 2.75) is 6.92 Å². The van der Waals surface area contributed by atoms with Gasteiger partial charge in [-0.2, -0.15) is 0 Å². The molecule has 0 fully saturated rings. The summed E-state index contributed by atoms with van der Waals surface area (Å²) in [5.41, 5.74) is 13.1. The van der Waals surface area contributed by atoms with Crippen LogP contribution >= 0.6 is 0 Å². The van der Waals surface area contributed by atoms with Crippen LogP contribution in [-0.2, 0) is 4.74 Å². The van der Waals surface area contributed by atoms with E-state index in [4.69, 9.17) is 16.2 Å². The van der Waals surface area contributed by atoms with Crippen LogP contribution in [0.4, 0.5) is 26.2 Å². The minimum Gasteiger partial charge on any atom is -0.450 e. The topological polar surface area (TPSA) is 107 Å². The Balaban J connectivity index is 0.000000253. The van der Waals surface area contributed by atoms with Gasteiger partial charge in [-0.3, -0.25) is 10.1 Å². The van der Waals surface area contributed by atoms with Crippen LogP contribution in [0.5, 0.6) is 0 Å². The maximum Gasteiger partial charge on any atom is 0.411 e. The van der Waals surface area contributed by atoms with Gasteiger partial charge in [0.2, 0.25) is 0 Å². The summed E-state index contributed by atoms with van der Waals surface area (Å²) in [4.78, 5) is 21.0. The van der Waals surface area contributed by atoms with Gasteiger partial charge in [0.1, 0.15) is 12.1 Å². The molecule has 0 atom stereocenters. The Bertz CT molecular complexity index is 660. The van der Waals surface area contributed by atoms with Gasteiger partial charge in [0.15, 0.2) is 0 Å². The minimum atomic E-state index is -0.524. The number of nitrogen functional groups attached to an aromatic ring is 2. The van der Waals surface area contributed by atoms with E-state index in [1.54, 1.807) is 25.1 Å². The van der Waals surface area contributed by atoms with Gasteiger partial charge in [-0.1, -0.05) is 0 Å². The van der Waals surface area contributed by atoms with Crippen molar-refractivity contribution >= 4 is 29.4 Å². The van der Waals surface area contributed by atoms with E-state index in [0.717, 1.165) is 0 Å². The Kier molecular flexibility index (Phi) is 7.06. The zero-order valence-electron chi connectivity index (χ0n) is 12.6. The van der Waals surface area contributed by atoms with Gasteiger partial charge in [-0.15, -0.1) is 0 Å². The summed E-state index contributed by atoms with van der Waals surface area (Å²) in [7, 11) is 0. The maximum absolute atomic E-state index is 12.1. The SMILES string of the molecule is CCOC(=O)Nc1ccc(N)cc1N.O=Cc1ccc(F)cc1. The summed E-state index contributed by atoms with van der Waals surface area (Å²) in [6.45, 7) is 2.05. The molecule has 1 amide bonds. The van der Waals surface area contributed by atoms with Crippen LogP contribution in [0.2, 0.25) is 0 Å². The van der Waals surface area contributed by atoms with Crippen molar-refractivity contribution in [3.8, 4) is 0 Å². The van der Waals surface area contributed by atoms with Crippen molar-refractivity contribution in [2.75, 3.05) is 23.4 Å². The molecule has 2 rings (SSSR count). The van der Waals surface area contributed by atoms with Crippen LogP contribution in [0.3, 0.4) is 0 Å². The summed E-state index contributed by atoms with van der Waals surface area (Å²) in [6, 6.07) is 10.2. The molecule has 2 aromatic rings. The number of rotatable bonds is 3. The summed E-state index contributed by atoms with van der Waals surface area (Å²) in [5.74, 6) is -0.319. The molecule has 0 spiro atoms. The lowest BCUT2D eigenvalue weighted by atomic mass is 10.2. The average molecular weight is 319 g/mol. The molecule has 122 valence electrons. The highest BCUT2D eigenvalue weighted by Crippen LogP contribution is 2.20. The molecule has 23 heavy (non-hydrogen) atoms. The van der Waals surface area contributed by atoms with Crippen LogP contribution in [0.15, 0.2) is 42.5 Å². The molecule has 7 heteroatoms. The Morgan fingerprint density at radius 1 is 1.22 bits per heavy atom. The molecule has 0 saturated heterocycles. The van der Waals surface area contributed by atoms with Crippen molar-refractivity contribution < 1.29 is 18.7 Å². The number of anilines is 3. The summed E-state index contributed by atoms with van der Waals surface area (Å²) >= 11 is 0. The van der Waals surface area contributed by atoms with Crippen LogP contribution in [-0.4, -0.2) is 19.0 Å². The standard InChI is InChI=1S/C9H13N3O2.C7H5FO/c1-2-14-9(13)12-8-4-3-6(10)5-7(8)11;8-7-3-1-6(5-9)2-4-7/h3-5H,2,10-11H2,1H3,(H,12,13);1-5H. The smallest absolute Gasteiger partial charge is 0.411 e. The zero-order chi connectivity index (χ0) is 17.2. The molecule has 0 aromatic heterocycles. The molecule has 0 heterocycles. The average Bonchev–Trinajstić information content (AvgIpc) is 2.52. The number of amides is 1. The van der Waals surface area contributed by atoms with E-state index in [1.165, 1.54) is 24.3 Å². The third-order valence-electron chi connectivity index (χ3n) is 2.59. The number of aldehydes is 1. The molecule has 0 aliphatic rings. The van der Waals surface area contributed by atoms with E-state index in [1.807, 2.05) is 0 Å². The highest BCUT2D eigenvalue weighted by molar-refractivity contribution is 5.89. The fraction of sp³-hybridized carbons (Fsp3) is 0.125. The fourth-order valence-electron chi connectivity index (χ4n) is 1.51. The van der Waals surface area contributed by atoms with Crippen molar-refractivity contribution in [3.63, 3.8) is 0 Å². The fourth-order valence-corrected chi connectivity index (χ4v) is 1.51. The Morgan fingerprint density at radius 3 is 2.39 bits per heavy atom. The van der Waals surface area contributed by atoms with E-state index >= 15 is 0 Å². The van der Waals surface area contributed by atoms with Gasteiger partial charge >= 0.3 is 6.09 Å². The van der Waals surface area contributed by atoms with Gasteiger partial charge in [0.05, 0.1) is 18.0 Å². The second kappa shape index (κ2) is 9.04. The summed E-state index contributed by atoms with van der Waals surface area (Å²) in [5, 5.41) is 2.50. The van der Waals surface area contributed by atoms with Crippen LogP contribution < -0.4 is 16.8 Å². The monoisotopic (exact) mass is 319 g/mol. The maximum atomic E-state index is 12.1. The molecule has 5 N–H and O–H groups in total. The predicted octanol–water partition coefficient (Wildman–Crippen LogP) is 3.06. The van der Waals surface area contributed by atoms with E-state index < -0.39 is 6.09 Å². The van der Waals surface area contributed by atoms with Gasteiger partial charge in [0.25, 0.3) is 0 Å². The number of hydrogen-bond acceptors (Lipinski definition) is 5. The van der Waals surface area contributed by atoms with Crippen LogP contribution in [0.1, 0.15) is 17.3 Å². The predicted molar refractivity (Wildman–Crippen MR) is 87.7 cm³/mol. The normalized spacial score (nSPS) is 9.30. The lowest BCUT2D eigenvalue weighted by molar-refractivity contribution is 0.112. The lowest BCUT2D eigenvalue weighted by Gasteiger charge is -2.08. The molecule has 0 saturated carbocycles. The second-order valence-corrected chi connectivity index (χ2v) is 4.36. The molecular weight excluding hydrogens is 301 g/mol. The largest absolute Gasteiger partial charge is 0.450 e. The number of hydrogen-bond donors (Lipinski definition) is 3. The second-order valence-electron chi connectivity index (χ2n) is 4.36. The number of benzene rings is 2. The number of ether oxygens (including phenoxy) is 1. The highest BCUT2D eigenvalue weighted by Gasteiger charge is 2.04. The lowest BCUT2D eigenvalue weighted by Crippen LogP contribution is -2.14. The van der Waals surface area contributed by atoms with Gasteiger partial charge < -0.3 is 16.2 Å². The quantitative estimate of drug-likeness (QED) is 0.595. The van der Waals surface area contributed by atoms with E-state index in [0.29, 0.717) is 35.5 Å². The highest BCUT2D eigenvalue weighted by atomic mass is 19.1. The number of nitrogens with two attached hydrogens (primary N) is 2. The Labute approximate surface area is 133 Å². The third kappa shape index (κ3) is 6.47. The van der Waals surface area contributed by atoms with Gasteiger partial charge in [-0.25, -0.2) is 9.18 Å². The minimum absolute atomic E-state index is 0.319. The van der Waals surface area contributed by atoms with Crippen molar-refractivity contribution in [2.24, 2.45) is 0 Å². The van der Waals surface area contributed by atoms with E-state index in [2.05, 4.69) is 5.32 Å². The van der Waals surface area contributed by atoms with Crippen LogP contribution in [0, 0.1) is 5.82 Å². The van der Waals surface area contributed by atoms with E-state index in [9.17, 15) is 14.0 Å². The summed E-state index contributed by atoms with van der Waals surface area (Å²) in [6.07, 6.45) is 0.156. The molecule has 0 aliphatic carbocycles. The van der Waals surface area contributed by atoms with Crippen molar-refractivity contribution in [1.82, 2.24) is 0 Å². The Morgan fingerprint density at radius 2 is 1.87 bits per heavy atom.